The van der Waals surface area contributed by atoms with E-state index in [1.54, 1.807) is 31.2 Å². The fraction of sp³-hybridized carbons (Fsp3) is 0.345. The molecule has 204 valence electrons. The Kier molecular flexibility index (Phi) is 9.54. The molecule has 1 atom stereocenters. The predicted molar refractivity (Wildman–Crippen MR) is 147 cm³/mol. The van der Waals surface area contributed by atoms with Crippen molar-refractivity contribution >= 4 is 15.9 Å². The van der Waals surface area contributed by atoms with Gasteiger partial charge < -0.3 is 20.3 Å². The molecule has 1 amide bonds. The molecule has 3 rings (SSSR count). The van der Waals surface area contributed by atoms with E-state index in [4.69, 9.17) is 4.74 Å². The molecule has 0 aliphatic rings. The van der Waals surface area contributed by atoms with Crippen LogP contribution in [-0.4, -0.2) is 54.8 Å². The molecule has 3 aromatic carbocycles. The number of aromatic hydroxyl groups is 1. The van der Waals surface area contributed by atoms with Crippen LogP contribution in [0.2, 0.25) is 0 Å². The first-order chi connectivity index (χ1) is 17.9. The number of carbonyl (C=O) groups is 1. The number of rotatable bonds is 12. The molecule has 0 bridgehead atoms. The Hall–Kier alpha value is -3.40. The number of sulfonamides is 1. The van der Waals surface area contributed by atoms with E-state index in [2.05, 4.69) is 5.32 Å². The fourth-order valence-electron chi connectivity index (χ4n) is 4.20. The van der Waals surface area contributed by atoms with Gasteiger partial charge in [-0.2, -0.15) is 4.31 Å². The van der Waals surface area contributed by atoms with E-state index in [1.807, 2.05) is 44.2 Å². The number of amides is 1. The molecule has 8 nitrogen and oxygen atoms in total. The Morgan fingerprint density at radius 2 is 1.68 bits per heavy atom. The van der Waals surface area contributed by atoms with Crippen LogP contribution < -0.4 is 10.1 Å². The molecule has 0 saturated carbocycles. The van der Waals surface area contributed by atoms with Gasteiger partial charge >= 0.3 is 0 Å². The van der Waals surface area contributed by atoms with Crippen molar-refractivity contribution in [2.45, 2.75) is 44.2 Å². The first-order valence-corrected chi connectivity index (χ1v) is 13.9. The smallest absolute Gasteiger partial charge is 0.253 e. The molecule has 0 aromatic heterocycles. The zero-order valence-electron chi connectivity index (χ0n) is 22.2. The van der Waals surface area contributed by atoms with E-state index in [1.165, 1.54) is 29.6 Å². The van der Waals surface area contributed by atoms with Gasteiger partial charge in [-0.15, -0.1) is 0 Å². The topological polar surface area (TPSA) is 116 Å². The van der Waals surface area contributed by atoms with Crippen LogP contribution in [0.15, 0.2) is 77.7 Å². The summed E-state index contributed by atoms with van der Waals surface area (Å²) in [6, 6.07) is 19.9. The van der Waals surface area contributed by atoms with Gasteiger partial charge in [-0.3, -0.25) is 4.79 Å². The minimum atomic E-state index is -3.89. The monoisotopic (exact) mass is 540 g/mol. The summed E-state index contributed by atoms with van der Waals surface area (Å²) in [4.78, 5) is 13.3. The SMILES string of the molecule is COc1ccc(S(=O)(=O)N(CCC(O)(Cc2ccccc2)NC(=O)c2cccc(O)c2C)CC(C)C)cc1. The van der Waals surface area contributed by atoms with E-state index in [-0.39, 0.29) is 48.1 Å². The number of nitrogens with one attached hydrogen (secondary N) is 1. The lowest BCUT2D eigenvalue weighted by Gasteiger charge is -2.33. The highest BCUT2D eigenvalue weighted by molar-refractivity contribution is 7.89. The van der Waals surface area contributed by atoms with Gasteiger partial charge in [0.05, 0.1) is 12.0 Å². The van der Waals surface area contributed by atoms with Crippen LogP contribution in [0, 0.1) is 12.8 Å². The minimum Gasteiger partial charge on any atom is -0.508 e. The lowest BCUT2D eigenvalue weighted by atomic mass is 9.98. The Labute approximate surface area is 224 Å². The Morgan fingerprint density at radius 3 is 2.29 bits per heavy atom. The van der Waals surface area contributed by atoms with E-state index in [0.29, 0.717) is 11.3 Å². The first-order valence-electron chi connectivity index (χ1n) is 12.5. The molecule has 0 aliphatic carbocycles. The molecule has 38 heavy (non-hydrogen) atoms. The first kappa shape index (κ1) is 29.2. The van der Waals surface area contributed by atoms with Crippen molar-refractivity contribution in [1.82, 2.24) is 9.62 Å². The van der Waals surface area contributed by atoms with E-state index < -0.39 is 21.7 Å². The zero-order chi connectivity index (χ0) is 27.9. The van der Waals surface area contributed by atoms with Crippen LogP contribution in [0.1, 0.15) is 41.8 Å². The van der Waals surface area contributed by atoms with E-state index in [0.717, 1.165) is 5.56 Å². The highest BCUT2D eigenvalue weighted by Crippen LogP contribution is 2.25. The number of methoxy groups -OCH3 is 1. The highest BCUT2D eigenvalue weighted by atomic mass is 32.2. The molecule has 3 aromatic rings. The van der Waals surface area contributed by atoms with Crippen molar-refractivity contribution in [2.24, 2.45) is 5.92 Å². The number of hydrogen-bond donors (Lipinski definition) is 3. The van der Waals surface area contributed by atoms with Crippen molar-refractivity contribution in [1.29, 1.82) is 0 Å². The molecular weight excluding hydrogens is 504 g/mol. The van der Waals surface area contributed by atoms with Gasteiger partial charge in [0.15, 0.2) is 0 Å². The van der Waals surface area contributed by atoms with Crippen molar-refractivity contribution < 1.29 is 28.2 Å². The summed E-state index contributed by atoms with van der Waals surface area (Å²) in [7, 11) is -2.38. The van der Waals surface area contributed by atoms with Gasteiger partial charge in [0.1, 0.15) is 17.2 Å². The quantitative estimate of drug-likeness (QED) is 0.298. The molecular formula is C29H36N2O6S. The number of nitrogens with zero attached hydrogens (tertiary/aromatic N) is 1. The molecule has 1 unspecified atom stereocenters. The molecule has 0 heterocycles. The third-order valence-corrected chi connectivity index (χ3v) is 8.16. The van der Waals surface area contributed by atoms with Gasteiger partial charge in [-0.25, -0.2) is 8.42 Å². The van der Waals surface area contributed by atoms with Crippen molar-refractivity contribution in [2.75, 3.05) is 20.2 Å². The number of phenolic OH excluding ortho intramolecular Hbond substituents is 1. The maximum atomic E-state index is 13.6. The van der Waals surface area contributed by atoms with Crippen LogP contribution in [0.25, 0.3) is 0 Å². The van der Waals surface area contributed by atoms with Gasteiger partial charge in [-0.1, -0.05) is 50.2 Å². The third-order valence-electron chi connectivity index (χ3n) is 6.28. The van der Waals surface area contributed by atoms with Crippen LogP contribution in [0.3, 0.4) is 0 Å². The lowest BCUT2D eigenvalue weighted by Crippen LogP contribution is -2.52. The van der Waals surface area contributed by atoms with E-state index >= 15 is 0 Å². The second-order valence-corrected chi connectivity index (χ2v) is 11.7. The second kappa shape index (κ2) is 12.4. The maximum absolute atomic E-state index is 13.6. The normalized spacial score (nSPS) is 13.3. The number of benzene rings is 3. The highest BCUT2D eigenvalue weighted by Gasteiger charge is 2.34. The van der Waals surface area contributed by atoms with Crippen LogP contribution in [0.4, 0.5) is 0 Å². The molecule has 0 saturated heterocycles. The van der Waals surface area contributed by atoms with Crippen LogP contribution in [-0.2, 0) is 16.4 Å². The largest absolute Gasteiger partial charge is 0.508 e. The Balaban J connectivity index is 1.91. The maximum Gasteiger partial charge on any atom is 0.253 e. The summed E-state index contributed by atoms with van der Waals surface area (Å²) in [5.74, 6) is -0.0282. The molecule has 0 aliphatic heterocycles. The molecule has 0 fully saturated rings. The van der Waals surface area contributed by atoms with Crippen molar-refractivity contribution in [3.63, 3.8) is 0 Å². The summed E-state index contributed by atoms with van der Waals surface area (Å²) in [6.45, 7) is 5.65. The number of aliphatic hydroxyl groups is 1. The van der Waals surface area contributed by atoms with Gasteiger partial charge in [0.2, 0.25) is 10.0 Å². The van der Waals surface area contributed by atoms with Gasteiger partial charge in [-0.05, 0) is 54.8 Å². The van der Waals surface area contributed by atoms with E-state index in [9.17, 15) is 23.4 Å². The average Bonchev–Trinajstić information content (AvgIpc) is 2.88. The zero-order valence-corrected chi connectivity index (χ0v) is 23.0. The lowest BCUT2D eigenvalue weighted by molar-refractivity contribution is -0.00271. The number of ether oxygens (including phenoxy) is 1. The van der Waals surface area contributed by atoms with Crippen LogP contribution in [0.5, 0.6) is 11.5 Å². The molecule has 0 spiro atoms. The van der Waals surface area contributed by atoms with Crippen molar-refractivity contribution in [3.05, 3.63) is 89.5 Å². The summed E-state index contributed by atoms with van der Waals surface area (Å²) < 4.78 is 33.6. The molecule has 9 heteroatoms. The van der Waals surface area contributed by atoms with Gasteiger partial charge in [0.25, 0.3) is 5.91 Å². The standard InChI is InChI=1S/C29H36N2O6S/c1-21(2)20-31(38(35,36)25-15-13-24(37-4)14-16-25)18-17-29(34,19-23-9-6-5-7-10-23)30-28(33)26-11-8-12-27(32)22(26)3/h5-16,21,32,34H,17-20H2,1-4H3,(H,30,33). The Bertz CT molecular complexity index is 1330. The summed E-state index contributed by atoms with van der Waals surface area (Å²) in [5.41, 5.74) is -0.380. The number of phenols is 1. The minimum absolute atomic E-state index is 0.0229. The molecule has 0 radical (unpaired) electrons. The Morgan fingerprint density at radius 1 is 1.03 bits per heavy atom. The third kappa shape index (κ3) is 7.34. The number of hydrogen-bond acceptors (Lipinski definition) is 6. The second-order valence-electron chi connectivity index (χ2n) is 9.78. The summed E-state index contributed by atoms with van der Waals surface area (Å²) in [6.07, 6.45) is 0.00312. The average molecular weight is 541 g/mol. The summed E-state index contributed by atoms with van der Waals surface area (Å²) >= 11 is 0. The van der Waals surface area contributed by atoms with Gasteiger partial charge in [0, 0.05) is 37.1 Å². The number of carbonyl (C=O) groups excluding carboxylic acids is 1. The fourth-order valence-corrected chi connectivity index (χ4v) is 5.80. The van der Waals surface area contributed by atoms with Crippen molar-refractivity contribution in [3.8, 4) is 11.5 Å². The van der Waals surface area contributed by atoms with Crippen LogP contribution >= 0.6 is 0 Å². The summed E-state index contributed by atoms with van der Waals surface area (Å²) in [5, 5.41) is 24.5. The predicted octanol–water partition coefficient (Wildman–Crippen LogP) is 4.11. The molecule has 3 N–H and O–H groups in total.